The third-order valence-corrected chi connectivity index (χ3v) is 10.8. The Morgan fingerprint density at radius 3 is 1.88 bits per heavy atom. The highest BCUT2D eigenvalue weighted by Crippen LogP contribution is 2.56. The van der Waals surface area contributed by atoms with E-state index >= 15 is 0 Å². The number of anilines is 6. The smallest absolute Gasteiger partial charge is 0.143 e. The van der Waals surface area contributed by atoms with Crippen LogP contribution in [0.2, 0.25) is 0 Å². The summed E-state index contributed by atoms with van der Waals surface area (Å²) in [6, 6.07) is 65.4. The molecule has 1 aliphatic heterocycles. The molecule has 8 aromatic carbocycles. The first kappa shape index (κ1) is 30.3. The summed E-state index contributed by atoms with van der Waals surface area (Å²) in [6.45, 7) is 4.72. The number of hydrogen-bond donors (Lipinski definition) is 0. The van der Waals surface area contributed by atoms with Crippen LogP contribution in [0.4, 0.5) is 34.1 Å². The summed E-state index contributed by atoms with van der Waals surface area (Å²) in [6.07, 6.45) is 0. The molecule has 2 heterocycles. The van der Waals surface area contributed by atoms with E-state index in [0.29, 0.717) is 0 Å². The zero-order valence-corrected chi connectivity index (χ0v) is 29.1. The van der Waals surface area contributed by atoms with Gasteiger partial charge in [0.05, 0.1) is 17.1 Å². The van der Waals surface area contributed by atoms with Crippen LogP contribution in [-0.2, 0) is 5.41 Å². The van der Waals surface area contributed by atoms with E-state index in [1.165, 1.54) is 33.3 Å². The molecule has 0 amide bonds. The van der Waals surface area contributed by atoms with Crippen molar-refractivity contribution in [1.82, 2.24) is 0 Å². The molecule has 0 saturated heterocycles. The molecule has 248 valence electrons. The highest BCUT2D eigenvalue weighted by molar-refractivity contribution is 6.14. The lowest BCUT2D eigenvalue weighted by atomic mass is 9.73. The van der Waals surface area contributed by atoms with Gasteiger partial charge in [0.2, 0.25) is 0 Å². The predicted molar refractivity (Wildman–Crippen MR) is 218 cm³/mol. The summed E-state index contributed by atoms with van der Waals surface area (Å²) >= 11 is 0. The second-order valence-corrected chi connectivity index (χ2v) is 14.1. The minimum atomic E-state index is -0.277. The van der Waals surface area contributed by atoms with Crippen molar-refractivity contribution in [1.29, 1.82) is 0 Å². The van der Waals surface area contributed by atoms with E-state index < -0.39 is 0 Å². The van der Waals surface area contributed by atoms with Crippen LogP contribution in [0.25, 0.3) is 43.8 Å². The second-order valence-electron chi connectivity index (χ2n) is 14.1. The van der Waals surface area contributed by atoms with Crippen LogP contribution in [-0.4, -0.2) is 0 Å². The molecule has 0 saturated carbocycles. The minimum Gasteiger partial charge on any atom is -0.455 e. The lowest BCUT2D eigenvalue weighted by Gasteiger charge is -2.43. The number of furan rings is 1. The largest absolute Gasteiger partial charge is 0.455 e. The van der Waals surface area contributed by atoms with E-state index in [9.17, 15) is 0 Å². The molecule has 3 nitrogen and oxygen atoms in total. The van der Waals surface area contributed by atoms with Crippen LogP contribution in [0.15, 0.2) is 186 Å². The molecule has 0 aliphatic carbocycles. The maximum absolute atomic E-state index is 6.67. The van der Waals surface area contributed by atoms with Crippen molar-refractivity contribution < 1.29 is 4.42 Å². The predicted octanol–water partition coefficient (Wildman–Crippen LogP) is 14.0. The summed E-state index contributed by atoms with van der Waals surface area (Å²) in [4.78, 5) is 4.86. The van der Waals surface area contributed by atoms with Gasteiger partial charge in [-0.25, -0.2) is 0 Å². The summed E-state index contributed by atoms with van der Waals surface area (Å²) in [7, 11) is 0. The Labute approximate surface area is 303 Å². The van der Waals surface area contributed by atoms with Crippen molar-refractivity contribution in [2.75, 3.05) is 9.80 Å². The fourth-order valence-corrected chi connectivity index (χ4v) is 8.35. The van der Waals surface area contributed by atoms with E-state index in [1.54, 1.807) is 0 Å². The Morgan fingerprint density at radius 2 is 1.10 bits per heavy atom. The van der Waals surface area contributed by atoms with Crippen molar-refractivity contribution in [3.8, 4) is 11.1 Å². The fraction of sp³-hybridized carbons (Fsp3) is 0.0612. The van der Waals surface area contributed by atoms with E-state index in [1.807, 2.05) is 6.07 Å². The molecule has 52 heavy (non-hydrogen) atoms. The highest BCUT2D eigenvalue weighted by atomic mass is 16.3. The molecule has 10 rings (SSSR count). The Morgan fingerprint density at radius 1 is 0.462 bits per heavy atom. The van der Waals surface area contributed by atoms with Gasteiger partial charge in [0.25, 0.3) is 0 Å². The zero-order valence-electron chi connectivity index (χ0n) is 29.1. The van der Waals surface area contributed by atoms with Crippen molar-refractivity contribution in [2.45, 2.75) is 19.3 Å². The standard InChI is InChI=1S/C49H36N2O/c1-49(2)42-25-12-13-26-44(42)51(45-31-29-36(32-43(45)49)50(34-17-5-3-6-18-34)35-19-7-4-8-20-35)47-37-21-10-9-16-33(37)28-30-39(47)41-24-15-23-40-38-22-11-14-27-46(38)52-48(40)41/h3-32H,1-2H3. The molecule has 0 spiro atoms. The molecule has 3 heteroatoms. The Balaban J connectivity index is 1.26. The number of fused-ring (bicyclic) bond motifs is 6. The van der Waals surface area contributed by atoms with Crippen molar-refractivity contribution in [3.05, 3.63) is 193 Å². The summed E-state index contributed by atoms with van der Waals surface area (Å²) in [5.41, 5.74) is 13.1. The topological polar surface area (TPSA) is 19.6 Å². The van der Waals surface area contributed by atoms with E-state index in [2.05, 4.69) is 200 Å². The van der Waals surface area contributed by atoms with Crippen LogP contribution in [0.3, 0.4) is 0 Å². The number of benzene rings is 8. The lowest BCUT2D eigenvalue weighted by Crippen LogP contribution is -2.31. The van der Waals surface area contributed by atoms with Gasteiger partial charge in [-0.1, -0.05) is 141 Å². The second kappa shape index (κ2) is 11.8. The summed E-state index contributed by atoms with van der Waals surface area (Å²) in [5, 5.41) is 4.64. The third kappa shape index (κ3) is 4.59. The van der Waals surface area contributed by atoms with Crippen molar-refractivity contribution in [2.24, 2.45) is 0 Å². The Bertz CT molecular complexity index is 2740. The van der Waals surface area contributed by atoms with Gasteiger partial charge in [-0.3, -0.25) is 0 Å². The molecule has 0 radical (unpaired) electrons. The number of nitrogens with zero attached hydrogens (tertiary/aromatic N) is 2. The van der Waals surface area contributed by atoms with Gasteiger partial charge < -0.3 is 14.2 Å². The molecule has 0 unspecified atom stereocenters. The molecule has 0 fully saturated rings. The first-order valence-corrected chi connectivity index (χ1v) is 17.9. The van der Waals surface area contributed by atoms with E-state index in [0.717, 1.165) is 55.8 Å². The van der Waals surface area contributed by atoms with Crippen LogP contribution in [0, 0.1) is 0 Å². The van der Waals surface area contributed by atoms with Crippen LogP contribution < -0.4 is 9.80 Å². The van der Waals surface area contributed by atoms with Gasteiger partial charge in [-0.2, -0.15) is 0 Å². The Kier molecular flexibility index (Phi) is 6.84. The highest BCUT2D eigenvalue weighted by Gasteiger charge is 2.38. The van der Waals surface area contributed by atoms with E-state index in [4.69, 9.17) is 4.42 Å². The number of para-hydroxylation sites is 5. The van der Waals surface area contributed by atoms with Crippen LogP contribution >= 0.6 is 0 Å². The van der Waals surface area contributed by atoms with E-state index in [-0.39, 0.29) is 5.41 Å². The normalized spacial score (nSPS) is 13.3. The fourth-order valence-electron chi connectivity index (χ4n) is 8.35. The first-order valence-electron chi connectivity index (χ1n) is 17.9. The quantitative estimate of drug-likeness (QED) is 0.182. The van der Waals surface area contributed by atoms with Gasteiger partial charge in [0.15, 0.2) is 0 Å². The van der Waals surface area contributed by atoms with Gasteiger partial charge >= 0.3 is 0 Å². The third-order valence-electron chi connectivity index (χ3n) is 10.8. The Hall–Kier alpha value is -6.58. The first-order chi connectivity index (χ1) is 25.6. The van der Waals surface area contributed by atoms with Gasteiger partial charge in [-0.05, 0) is 71.1 Å². The SMILES string of the molecule is CC1(C)c2ccccc2N(c2c(-c3cccc4c3oc3ccccc34)ccc3ccccc23)c2ccc(N(c3ccccc3)c3ccccc3)cc21. The maximum Gasteiger partial charge on any atom is 0.143 e. The van der Waals surface area contributed by atoms with Crippen LogP contribution in [0.1, 0.15) is 25.0 Å². The zero-order chi connectivity index (χ0) is 34.8. The van der Waals surface area contributed by atoms with Gasteiger partial charge in [0.1, 0.15) is 11.2 Å². The summed E-state index contributed by atoms with van der Waals surface area (Å²) in [5.74, 6) is 0. The molecule has 0 bridgehead atoms. The van der Waals surface area contributed by atoms with Gasteiger partial charge in [0, 0.05) is 49.8 Å². The number of hydrogen-bond acceptors (Lipinski definition) is 3. The molecule has 1 aliphatic rings. The van der Waals surface area contributed by atoms with Crippen molar-refractivity contribution >= 4 is 66.8 Å². The molecular weight excluding hydrogens is 633 g/mol. The van der Waals surface area contributed by atoms with Crippen LogP contribution in [0.5, 0.6) is 0 Å². The maximum atomic E-state index is 6.67. The molecular formula is C49H36N2O. The van der Waals surface area contributed by atoms with Crippen molar-refractivity contribution in [3.63, 3.8) is 0 Å². The monoisotopic (exact) mass is 668 g/mol. The van der Waals surface area contributed by atoms with Gasteiger partial charge in [-0.15, -0.1) is 0 Å². The molecule has 0 N–H and O–H groups in total. The average molecular weight is 669 g/mol. The number of rotatable bonds is 5. The summed E-state index contributed by atoms with van der Waals surface area (Å²) < 4.78 is 6.67. The lowest BCUT2D eigenvalue weighted by molar-refractivity contribution is 0.632. The average Bonchev–Trinajstić information content (AvgIpc) is 3.58. The minimum absolute atomic E-state index is 0.277. The molecule has 0 atom stereocenters. The molecule has 1 aromatic heterocycles. The molecule has 9 aromatic rings.